The molecular formula is C28H33F3N4O2. The number of anilines is 1. The average molecular weight is 515 g/mol. The molecule has 9 heteroatoms. The Balaban J connectivity index is 0.00000156. The van der Waals surface area contributed by atoms with Gasteiger partial charge in [-0.1, -0.05) is 44.2 Å². The molecular weight excluding hydrogens is 481 g/mol. The quantitative estimate of drug-likeness (QED) is 0.303. The molecule has 1 amide bonds. The Hall–Kier alpha value is -3.33. The second-order valence-electron chi connectivity index (χ2n) is 9.11. The first-order valence-corrected chi connectivity index (χ1v) is 12.8. The van der Waals surface area contributed by atoms with Gasteiger partial charge in [0.05, 0.1) is 36.7 Å². The number of nitrogens with one attached hydrogen (secondary N) is 2. The number of hydrogen-bond acceptors (Lipinski definition) is 4. The van der Waals surface area contributed by atoms with Gasteiger partial charge in [-0.05, 0) is 36.6 Å². The number of aromatic nitrogens is 2. The smallest absolute Gasteiger partial charge is 0.378 e. The van der Waals surface area contributed by atoms with Crippen molar-refractivity contribution in [2.75, 3.05) is 11.9 Å². The van der Waals surface area contributed by atoms with E-state index < -0.39 is 17.8 Å². The number of amides is 1. The Morgan fingerprint density at radius 2 is 1.95 bits per heavy atom. The lowest BCUT2D eigenvalue weighted by Gasteiger charge is -2.46. The number of fused-ring (bicyclic) bond motifs is 3. The molecule has 3 aromatic rings. The number of halogens is 3. The molecule has 37 heavy (non-hydrogen) atoms. The first kappa shape index (κ1) is 26.7. The fourth-order valence-corrected chi connectivity index (χ4v) is 5.26. The molecule has 1 fully saturated rings. The Bertz CT molecular complexity index is 1170. The highest BCUT2D eigenvalue weighted by atomic mass is 19.4. The molecule has 198 valence electrons. The third-order valence-electron chi connectivity index (χ3n) is 6.94. The maximum Gasteiger partial charge on any atom is 0.416 e. The van der Waals surface area contributed by atoms with E-state index in [1.54, 1.807) is 12.5 Å². The number of hydrogen-bond donors (Lipinski definition) is 2. The molecule has 3 heterocycles. The Morgan fingerprint density at radius 3 is 2.68 bits per heavy atom. The lowest BCUT2D eigenvalue weighted by Crippen LogP contribution is -2.40. The summed E-state index contributed by atoms with van der Waals surface area (Å²) in [6, 6.07) is 13.8. The van der Waals surface area contributed by atoms with Crippen molar-refractivity contribution in [1.82, 2.24) is 14.9 Å². The third kappa shape index (κ3) is 5.98. The molecule has 0 bridgehead atoms. The summed E-state index contributed by atoms with van der Waals surface area (Å²) in [4.78, 5) is 14.8. The zero-order valence-corrected chi connectivity index (χ0v) is 21.0. The van der Waals surface area contributed by atoms with Crippen LogP contribution in [0.25, 0.3) is 0 Å². The summed E-state index contributed by atoms with van der Waals surface area (Å²) in [7, 11) is 0. The van der Waals surface area contributed by atoms with E-state index in [1.807, 2.05) is 48.7 Å². The summed E-state index contributed by atoms with van der Waals surface area (Å²) >= 11 is 0. The van der Waals surface area contributed by atoms with Crippen molar-refractivity contribution in [2.24, 2.45) is 5.92 Å². The largest absolute Gasteiger partial charge is 0.416 e. The molecule has 4 atom stereocenters. The fraction of sp³-hybridized carbons (Fsp3) is 0.429. The number of benzene rings is 2. The minimum absolute atomic E-state index is 0.00341. The van der Waals surface area contributed by atoms with Gasteiger partial charge in [0.1, 0.15) is 0 Å². The van der Waals surface area contributed by atoms with Crippen LogP contribution in [0.4, 0.5) is 18.9 Å². The first-order chi connectivity index (χ1) is 17.9. The van der Waals surface area contributed by atoms with Crippen LogP contribution in [0.2, 0.25) is 0 Å². The van der Waals surface area contributed by atoms with E-state index in [0.29, 0.717) is 37.2 Å². The van der Waals surface area contributed by atoms with Crippen molar-refractivity contribution in [1.29, 1.82) is 0 Å². The van der Waals surface area contributed by atoms with E-state index in [1.165, 1.54) is 12.1 Å². The molecule has 2 aliphatic heterocycles. The van der Waals surface area contributed by atoms with E-state index in [0.717, 1.165) is 30.2 Å². The van der Waals surface area contributed by atoms with Gasteiger partial charge >= 0.3 is 6.18 Å². The minimum Gasteiger partial charge on any atom is -0.378 e. The van der Waals surface area contributed by atoms with Gasteiger partial charge in [-0.15, -0.1) is 0 Å². The zero-order chi connectivity index (χ0) is 26.4. The van der Waals surface area contributed by atoms with Crippen LogP contribution in [0.1, 0.15) is 61.2 Å². The topological polar surface area (TPSA) is 68.2 Å². The standard InChI is InChI=1S/C26H27F3N4O2.C2H6/c27-26(28,29)18-6-9-23-22(12-18)25-21(24(32-23)17-4-2-1-3-5-17)8-7-20(35-25)14-33-15-31-13-19(33)10-11-30-16-34;1-2/h1-6,9,12-13,15-16,20-21,24-25,32H,7-8,10-11,14H2,(H,30,34);1-2H3/t20?,21?,24-,25?;/m0./s1. The number of carbonyl (C=O) groups excluding carboxylic acids is 1. The van der Waals surface area contributed by atoms with Gasteiger partial charge in [0, 0.05) is 42.0 Å². The summed E-state index contributed by atoms with van der Waals surface area (Å²) in [5, 5.41) is 6.14. The third-order valence-corrected chi connectivity index (χ3v) is 6.94. The second-order valence-corrected chi connectivity index (χ2v) is 9.11. The van der Waals surface area contributed by atoms with Crippen molar-refractivity contribution in [3.8, 4) is 0 Å². The van der Waals surface area contributed by atoms with E-state index in [4.69, 9.17) is 4.74 Å². The van der Waals surface area contributed by atoms with Crippen LogP contribution in [-0.2, 0) is 28.7 Å². The minimum atomic E-state index is -4.42. The number of nitrogens with zero attached hydrogens (tertiary/aromatic N) is 2. The van der Waals surface area contributed by atoms with Crippen LogP contribution in [0, 0.1) is 5.92 Å². The summed E-state index contributed by atoms with van der Waals surface area (Å²) in [6.07, 6.45) is 1.35. The predicted molar refractivity (Wildman–Crippen MR) is 136 cm³/mol. The van der Waals surface area contributed by atoms with Gasteiger partial charge in [-0.3, -0.25) is 4.79 Å². The Kier molecular flexibility index (Phi) is 8.53. The normalized spacial score (nSPS) is 22.5. The van der Waals surface area contributed by atoms with Crippen molar-refractivity contribution in [3.05, 3.63) is 83.4 Å². The Morgan fingerprint density at radius 1 is 1.16 bits per heavy atom. The maximum atomic E-state index is 13.5. The summed E-state index contributed by atoms with van der Waals surface area (Å²) in [5.74, 6) is 0.00341. The van der Waals surface area contributed by atoms with Gasteiger partial charge in [-0.2, -0.15) is 13.2 Å². The summed E-state index contributed by atoms with van der Waals surface area (Å²) in [5.41, 5.74) is 2.63. The van der Waals surface area contributed by atoms with Crippen molar-refractivity contribution >= 4 is 12.1 Å². The molecule has 0 aliphatic carbocycles. The number of rotatable bonds is 7. The molecule has 2 aliphatic rings. The molecule has 3 unspecified atom stereocenters. The van der Waals surface area contributed by atoms with Crippen LogP contribution in [0.3, 0.4) is 0 Å². The number of ether oxygens (including phenoxy) is 1. The fourth-order valence-electron chi connectivity index (χ4n) is 5.26. The van der Waals surface area contributed by atoms with E-state index >= 15 is 0 Å². The lowest BCUT2D eigenvalue weighted by molar-refractivity contribution is -0.138. The molecule has 5 rings (SSSR count). The molecule has 0 spiro atoms. The molecule has 0 saturated carbocycles. The molecule has 1 aromatic heterocycles. The van der Waals surface area contributed by atoms with Crippen LogP contribution in [0.5, 0.6) is 0 Å². The SMILES string of the molecule is CC.O=CNCCc1cncn1CC1CCC2C(O1)c1cc(C(F)(F)F)ccc1N[C@H]2c1ccccc1. The monoisotopic (exact) mass is 514 g/mol. The van der Waals surface area contributed by atoms with Crippen LogP contribution in [0.15, 0.2) is 61.1 Å². The van der Waals surface area contributed by atoms with Crippen LogP contribution in [-0.4, -0.2) is 28.6 Å². The summed E-state index contributed by atoms with van der Waals surface area (Å²) < 4.78 is 49.1. The zero-order valence-electron chi connectivity index (χ0n) is 21.0. The second kappa shape index (κ2) is 11.8. The first-order valence-electron chi connectivity index (χ1n) is 12.8. The predicted octanol–water partition coefficient (Wildman–Crippen LogP) is 5.92. The number of carbonyl (C=O) groups is 1. The van der Waals surface area contributed by atoms with Crippen LogP contribution >= 0.6 is 0 Å². The molecule has 6 nitrogen and oxygen atoms in total. The van der Waals surface area contributed by atoms with Gasteiger partial charge < -0.3 is 19.9 Å². The van der Waals surface area contributed by atoms with Crippen molar-refractivity contribution < 1.29 is 22.7 Å². The maximum absolute atomic E-state index is 13.5. The molecule has 2 N–H and O–H groups in total. The molecule has 1 saturated heterocycles. The van der Waals surface area contributed by atoms with Crippen molar-refractivity contribution in [3.63, 3.8) is 0 Å². The Labute approximate surface area is 215 Å². The highest BCUT2D eigenvalue weighted by Crippen LogP contribution is 2.51. The number of alkyl halides is 3. The van der Waals surface area contributed by atoms with E-state index in [9.17, 15) is 18.0 Å². The van der Waals surface area contributed by atoms with Gasteiger partial charge in [-0.25, -0.2) is 4.98 Å². The lowest BCUT2D eigenvalue weighted by atomic mass is 9.76. The van der Waals surface area contributed by atoms with Gasteiger partial charge in [0.15, 0.2) is 0 Å². The van der Waals surface area contributed by atoms with Crippen molar-refractivity contribution in [2.45, 2.75) is 64.1 Å². The number of imidazole rings is 1. The average Bonchev–Trinajstić information content (AvgIpc) is 3.35. The van der Waals surface area contributed by atoms with Crippen LogP contribution < -0.4 is 10.6 Å². The highest BCUT2D eigenvalue weighted by Gasteiger charge is 2.43. The van der Waals surface area contributed by atoms with Gasteiger partial charge in [0.2, 0.25) is 6.41 Å². The van der Waals surface area contributed by atoms with E-state index in [-0.39, 0.29) is 18.1 Å². The molecule has 2 aromatic carbocycles. The summed E-state index contributed by atoms with van der Waals surface area (Å²) in [6.45, 7) is 5.06. The highest BCUT2D eigenvalue weighted by molar-refractivity contribution is 5.58. The van der Waals surface area contributed by atoms with Gasteiger partial charge in [0.25, 0.3) is 0 Å². The van der Waals surface area contributed by atoms with E-state index in [2.05, 4.69) is 15.6 Å². The molecule has 0 radical (unpaired) electrons.